The number of likely N-dealkylation sites (tertiary alicyclic amines) is 1. The predicted octanol–water partition coefficient (Wildman–Crippen LogP) is 2.11. The average Bonchev–Trinajstić information content (AvgIpc) is 3.15. The summed E-state index contributed by atoms with van der Waals surface area (Å²) in [6.45, 7) is 6.09. The lowest BCUT2D eigenvalue weighted by atomic mass is 10.2. The molecular formula is C18H24N4O. The highest BCUT2D eigenvalue weighted by Crippen LogP contribution is 2.23. The van der Waals surface area contributed by atoms with Crippen LogP contribution in [0.1, 0.15) is 40.3 Å². The molecule has 1 aliphatic heterocycles. The van der Waals surface area contributed by atoms with E-state index in [0.717, 1.165) is 42.0 Å². The summed E-state index contributed by atoms with van der Waals surface area (Å²) in [6, 6.07) is 8.08. The minimum absolute atomic E-state index is 0.110. The number of hydrogen-bond acceptors (Lipinski definition) is 3. The number of carbonyl (C=O) groups excluding carboxylic acids is 1. The van der Waals surface area contributed by atoms with Crippen molar-refractivity contribution >= 4 is 5.91 Å². The zero-order valence-electron chi connectivity index (χ0n) is 13.8. The third kappa shape index (κ3) is 3.01. The van der Waals surface area contributed by atoms with Crippen LogP contribution in [0.2, 0.25) is 0 Å². The monoisotopic (exact) mass is 312 g/mol. The Balaban J connectivity index is 1.87. The van der Waals surface area contributed by atoms with Crippen LogP contribution >= 0.6 is 0 Å². The molecular weight excluding hydrogens is 288 g/mol. The summed E-state index contributed by atoms with van der Waals surface area (Å²) in [5.74, 6) is 0.110. The number of aryl methyl sites for hydroxylation is 1. The van der Waals surface area contributed by atoms with Crippen LogP contribution in [-0.2, 0) is 6.54 Å². The second-order valence-corrected chi connectivity index (χ2v) is 6.22. The van der Waals surface area contributed by atoms with E-state index >= 15 is 0 Å². The molecule has 1 amide bonds. The largest absolute Gasteiger partial charge is 0.342 e. The van der Waals surface area contributed by atoms with Gasteiger partial charge in [-0.25, -0.2) is 0 Å². The summed E-state index contributed by atoms with van der Waals surface area (Å²) in [4.78, 5) is 19.2. The maximum absolute atomic E-state index is 12.9. The van der Waals surface area contributed by atoms with E-state index in [1.54, 1.807) is 6.20 Å². The van der Waals surface area contributed by atoms with Crippen LogP contribution in [0.4, 0.5) is 0 Å². The molecule has 1 aliphatic rings. The van der Waals surface area contributed by atoms with Gasteiger partial charge >= 0.3 is 0 Å². The Labute approximate surface area is 137 Å². The van der Waals surface area contributed by atoms with Crippen LogP contribution in [0.15, 0.2) is 30.5 Å². The Bertz CT molecular complexity index is 693. The molecule has 5 nitrogen and oxygen atoms in total. The van der Waals surface area contributed by atoms with Crippen molar-refractivity contribution in [1.82, 2.24) is 14.5 Å². The number of nitrogens with two attached hydrogens (primary N) is 1. The van der Waals surface area contributed by atoms with Crippen molar-refractivity contribution in [2.75, 3.05) is 13.1 Å². The van der Waals surface area contributed by atoms with Gasteiger partial charge in [0.25, 0.3) is 5.91 Å². The Morgan fingerprint density at radius 3 is 2.91 bits per heavy atom. The fourth-order valence-electron chi connectivity index (χ4n) is 3.42. The van der Waals surface area contributed by atoms with Crippen molar-refractivity contribution in [2.24, 2.45) is 5.73 Å². The minimum Gasteiger partial charge on any atom is -0.342 e. The van der Waals surface area contributed by atoms with E-state index in [2.05, 4.69) is 9.55 Å². The first kappa shape index (κ1) is 15.7. The van der Waals surface area contributed by atoms with Gasteiger partial charge in [-0.15, -0.1) is 0 Å². The van der Waals surface area contributed by atoms with Gasteiger partial charge in [0.2, 0.25) is 0 Å². The van der Waals surface area contributed by atoms with Crippen molar-refractivity contribution < 1.29 is 4.79 Å². The van der Waals surface area contributed by atoms with E-state index in [-0.39, 0.29) is 11.9 Å². The molecule has 122 valence electrons. The van der Waals surface area contributed by atoms with Crippen LogP contribution in [0, 0.1) is 13.8 Å². The first-order chi connectivity index (χ1) is 11.1. The number of aromatic nitrogens is 2. The standard InChI is InChI=1S/C18H24N4O/c1-13-10-17(18(23)21-9-5-7-16(21)11-19)14(2)22(13)12-15-6-3-4-8-20-15/h3-4,6,8,10,16H,5,7,9,11-12,19H2,1-2H3. The van der Waals surface area contributed by atoms with Crippen LogP contribution in [0.25, 0.3) is 0 Å². The van der Waals surface area contributed by atoms with Gasteiger partial charge in [-0.2, -0.15) is 0 Å². The van der Waals surface area contributed by atoms with E-state index in [9.17, 15) is 4.79 Å². The molecule has 23 heavy (non-hydrogen) atoms. The molecule has 3 rings (SSSR count). The molecule has 2 aromatic heterocycles. The smallest absolute Gasteiger partial charge is 0.255 e. The molecule has 0 aromatic carbocycles. The molecule has 2 aromatic rings. The molecule has 0 saturated carbocycles. The molecule has 0 spiro atoms. The number of amides is 1. The third-order valence-corrected chi connectivity index (χ3v) is 4.76. The molecule has 0 radical (unpaired) electrons. The highest BCUT2D eigenvalue weighted by molar-refractivity contribution is 5.96. The van der Waals surface area contributed by atoms with Gasteiger partial charge in [0.05, 0.1) is 17.8 Å². The summed E-state index contributed by atoms with van der Waals surface area (Å²) in [5.41, 5.74) is 9.68. The molecule has 0 bridgehead atoms. The third-order valence-electron chi connectivity index (χ3n) is 4.76. The summed E-state index contributed by atoms with van der Waals surface area (Å²) < 4.78 is 2.16. The summed E-state index contributed by atoms with van der Waals surface area (Å²) in [5, 5.41) is 0. The van der Waals surface area contributed by atoms with Gasteiger partial charge in [0.15, 0.2) is 0 Å². The Hall–Kier alpha value is -2.14. The van der Waals surface area contributed by atoms with E-state index in [1.807, 2.05) is 43.0 Å². The van der Waals surface area contributed by atoms with Gasteiger partial charge in [-0.3, -0.25) is 9.78 Å². The number of pyridine rings is 1. The van der Waals surface area contributed by atoms with Gasteiger partial charge in [0.1, 0.15) is 0 Å². The Morgan fingerprint density at radius 2 is 2.22 bits per heavy atom. The lowest BCUT2D eigenvalue weighted by Crippen LogP contribution is -2.40. The second kappa shape index (κ2) is 6.54. The normalized spacial score (nSPS) is 17.7. The van der Waals surface area contributed by atoms with Crippen molar-refractivity contribution in [1.29, 1.82) is 0 Å². The molecule has 3 heterocycles. The van der Waals surface area contributed by atoms with Crippen molar-refractivity contribution in [3.63, 3.8) is 0 Å². The van der Waals surface area contributed by atoms with Gasteiger partial charge in [-0.1, -0.05) is 6.07 Å². The SMILES string of the molecule is Cc1cc(C(=O)N2CCCC2CN)c(C)n1Cc1ccccn1. The topological polar surface area (TPSA) is 64.2 Å². The van der Waals surface area contributed by atoms with Crippen LogP contribution < -0.4 is 5.73 Å². The lowest BCUT2D eigenvalue weighted by Gasteiger charge is -2.23. The number of rotatable bonds is 4. The fraction of sp³-hybridized carbons (Fsp3) is 0.444. The zero-order valence-corrected chi connectivity index (χ0v) is 13.8. The van der Waals surface area contributed by atoms with Gasteiger partial charge in [0, 0.05) is 36.7 Å². The molecule has 5 heteroatoms. The maximum Gasteiger partial charge on any atom is 0.255 e. The summed E-state index contributed by atoms with van der Waals surface area (Å²) >= 11 is 0. The number of carbonyl (C=O) groups is 1. The minimum atomic E-state index is 0.110. The summed E-state index contributed by atoms with van der Waals surface area (Å²) in [7, 11) is 0. The number of nitrogens with zero attached hydrogens (tertiary/aromatic N) is 3. The van der Waals surface area contributed by atoms with E-state index in [1.165, 1.54) is 0 Å². The van der Waals surface area contributed by atoms with Crippen molar-refractivity contribution in [3.8, 4) is 0 Å². The maximum atomic E-state index is 12.9. The predicted molar refractivity (Wildman–Crippen MR) is 90.4 cm³/mol. The molecule has 1 fully saturated rings. The van der Waals surface area contributed by atoms with Crippen LogP contribution in [-0.4, -0.2) is 39.5 Å². The van der Waals surface area contributed by atoms with E-state index in [4.69, 9.17) is 5.73 Å². The average molecular weight is 312 g/mol. The Kier molecular flexibility index (Phi) is 4.48. The molecule has 1 unspecified atom stereocenters. The molecule has 1 atom stereocenters. The van der Waals surface area contributed by atoms with E-state index < -0.39 is 0 Å². The van der Waals surface area contributed by atoms with Gasteiger partial charge < -0.3 is 15.2 Å². The fourth-order valence-corrected chi connectivity index (χ4v) is 3.42. The number of hydrogen-bond donors (Lipinski definition) is 1. The van der Waals surface area contributed by atoms with Crippen LogP contribution in [0.5, 0.6) is 0 Å². The molecule has 1 saturated heterocycles. The second-order valence-electron chi connectivity index (χ2n) is 6.22. The highest BCUT2D eigenvalue weighted by Gasteiger charge is 2.30. The van der Waals surface area contributed by atoms with Crippen molar-refractivity contribution in [3.05, 3.63) is 53.1 Å². The summed E-state index contributed by atoms with van der Waals surface area (Å²) in [6.07, 6.45) is 3.85. The van der Waals surface area contributed by atoms with Gasteiger partial charge in [-0.05, 0) is 44.9 Å². The van der Waals surface area contributed by atoms with Crippen molar-refractivity contribution in [2.45, 2.75) is 39.3 Å². The Morgan fingerprint density at radius 1 is 1.39 bits per heavy atom. The van der Waals surface area contributed by atoms with E-state index in [0.29, 0.717) is 13.1 Å². The zero-order chi connectivity index (χ0) is 16.4. The quantitative estimate of drug-likeness (QED) is 0.940. The first-order valence-electron chi connectivity index (χ1n) is 8.19. The first-order valence-corrected chi connectivity index (χ1v) is 8.19. The molecule has 2 N–H and O–H groups in total. The lowest BCUT2D eigenvalue weighted by molar-refractivity contribution is 0.0740. The highest BCUT2D eigenvalue weighted by atomic mass is 16.2. The molecule has 0 aliphatic carbocycles. The van der Waals surface area contributed by atoms with Crippen LogP contribution in [0.3, 0.4) is 0 Å².